The second kappa shape index (κ2) is 7.07. The predicted molar refractivity (Wildman–Crippen MR) is 73.8 cm³/mol. The molecule has 1 aliphatic rings. The van der Waals surface area contributed by atoms with Crippen LogP contribution in [0.25, 0.3) is 0 Å². The van der Waals surface area contributed by atoms with E-state index in [9.17, 15) is 9.59 Å². The zero-order chi connectivity index (χ0) is 15.2. The first-order valence-electron chi connectivity index (χ1n) is 6.92. The first kappa shape index (κ1) is 15.3. The molecular weight excluding hydrogens is 276 g/mol. The number of hydrogen-bond donors (Lipinski definition) is 4. The van der Waals surface area contributed by atoms with Gasteiger partial charge in [0.05, 0.1) is 12.4 Å². The van der Waals surface area contributed by atoms with Gasteiger partial charge in [0.1, 0.15) is 6.04 Å². The molecule has 4 N–H and O–H groups in total. The summed E-state index contributed by atoms with van der Waals surface area (Å²) in [6.45, 7) is 3.14. The number of carboxylic acids is 1. The zero-order valence-corrected chi connectivity index (χ0v) is 11.8. The molecule has 3 unspecified atom stereocenters. The van der Waals surface area contributed by atoms with Crippen LogP contribution in [0.5, 0.6) is 0 Å². The maximum absolute atomic E-state index is 11.8. The maximum Gasteiger partial charge on any atom is 0.326 e. The third-order valence-corrected chi connectivity index (χ3v) is 3.64. The number of aliphatic carboxylic acids is 1. The minimum absolute atomic E-state index is 0.116. The molecule has 0 aliphatic carbocycles. The van der Waals surface area contributed by atoms with Crippen LogP contribution in [0.1, 0.15) is 19.0 Å². The summed E-state index contributed by atoms with van der Waals surface area (Å²) >= 11 is 0. The van der Waals surface area contributed by atoms with Gasteiger partial charge in [-0.3, -0.25) is 0 Å². The van der Waals surface area contributed by atoms with Crippen molar-refractivity contribution in [3.8, 4) is 0 Å². The molecule has 0 radical (unpaired) electrons. The monoisotopic (exact) mass is 296 g/mol. The highest BCUT2D eigenvalue weighted by Gasteiger charge is 2.25. The van der Waals surface area contributed by atoms with Crippen LogP contribution in [0.15, 0.2) is 12.5 Å². The van der Waals surface area contributed by atoms with Gasteiger partial charge in [-0.2, -0.15) is 0 Å². The van der Waals surface area contributed by atoms with Gasteiger partial charge in [0.2, 0.25) is 0 Å². The summed E-state index contributed by atoms with van der Waals surface area (Å²) in [6.07, 6.45) is 4.18. The van der Waals surface area contributed by atoms with Crippen LogP contribution in [0, 0.1) is 5.92 Å². The lowest BCUT2D eigenvalue weighted by Crippen LogP contribution is -2.48. The van der Waals surface area contributed by atoms with Crippen LogP contribution in [0.3, 0.4) is 0 Å². The van der Waals surface area contributed by atoms with E-state index in [-0.39, 0.29) is 18.4 Å². The quantitative estimate of drug-likeness (QED) is 0.595. The van der Waals surface area contributed by atoms with Gasteiger partial charge in [0.15, 0.2) is 0 Å². The lowest BCUT2D eigenvalue weighted by Gasteiger charge is -2.17. The molecule has 1 fully saturated rings. The number of H-pyrrole nitrogens is 1. The molecule has 0 saturated carbocycles. The molecule has 1 aromatic heterocycles. The summed E-state index contributed by atoms with van der Waals surface area (Å²) in [5, 5.41) is 14.3. The maximum atomic E-state index is 11.8. The third-order valence-electron chi connectivity index (χ3n) is 3.64. The van der Waals surface area contributed by atoms with Crippen LogP contribution in [0.4, 0.5) is 4.79 Å². The van der Waals surface area contributed by atoms with Crippen LogP contribution >= 0.6 is 0 Å². The van der Waals surface area contributed by atoms with E-state index in [1.807, 2.05) is 6.92 Å². The van der Waals surface area contributed by atoms with E-state index < -0.39 is 18.0 Å². The molecule has 2 amide bonds. The Hall–Kier alpha value is -2.09. The van der Waals surface area contributed by atoms with Crippen molar-refractivity contribution in [3.63, 3.8) is 0 Å². The lowest BCUT2D eigenvalue weighted by atomic mass is 10.0. The van der Waals surface area contributed by atoms with Crippen molar-refractivity contribution < 1.29 is 19.4 Å². The highest BCUT2D eigenvalue weighted by molar-refractivity contribution is 5.82. The molecule has 0 bridgehead atoms. The van der Waals surface area contributed by atoms with E-state index >= 15 is 0 Å². The van der Waals surface area contributed by atoms with E-state index in [0.29, 0.717) is 18.8 Å². The van der Waals surface area contributed by atoms with Crippen LogP contribution in [-0.4, -0.2) is 52.4 Å². The minimum atomic E-state index is -1.09. The average Bonchev–Trinajstić information content (AvgIpc) is 3.07. The number of aromatic nitrogens is 2. The first-order valence-corrected chi connectivity index (χ1v) is 6.92. The molecule has 116 valence electrons. The molecule has 2 heterocycles. The Morgan fingerprint density at radius 1 is 1.62 bits per heavy atom. The number of imidazole rings is 1. The van der Waals surface area contributed by atoms with Crippen LogP contribution < -0.4 is 10.6 Å². The van der Waals surface area contributed by atoms with Gasteiger partial charge in [-0.15, -0.1) is 0 Å². The van der Waals surface area contributed by atoms with Gasteiger partial charge >= 0.3 is 12.0 Å². The lowest BCUT2D eigenvalue weighted by molar-refractivity contribution is -0.139. The van der Waals surface area contributed by atoms with Gasteiger partial charge < -0.3 is 25.5 Å². The SMILES string of the molecule is CC1OCCC1CNC(=O)NC(Cc1cnc[nH]1)C(=O)O. The fourth-order valence-electron chi connectivity index (χ4n) is 2.29. The molecule has 2 rings (SSSR count). The van der Waals surface area contributed by atoms with E-state index in [1.54, 1.807) is 0 Å². The third kappa shape index (κ3) is 4.45. The Kier molecular flexibility index (Phi) is 5.15. The second-order valence-corrected chi connectivity index (χ2v) is 5.15. The molecule has 1 aliphatic heterocycles. The Morgan fingerprint density at radius 3 is 3.00 bits per heavy atom. The number of carboxylic acid groups (broad SMARTS) is 1. The van der Waals surface area contributed by atoms with Gasteiger partial charge in [-0.05, 0) is 13.3 Å². The van der Waals surface area contributed by atoms with E-state index in [0.717, 1.165) is 6.42 Å². The summed E-state index contributed by atoms with van der Waals surface area (Å²) in [5.74, 6) is -0.816. The summed E-state index contributed by atoms with van der Waals surface area (Å²) in [4.78, 5) is 29.6. The van der Waals surface area contributed by atoms with Crippen molar-refractivity contribution in [1.29, 1.82) is 0 Å². The highest BCUT2D eigenvalue weighted by atomic mass is 16.5. The standard InChI is InChI=1S/C13H20N4O4/c1-8-9(2-3-21-8)5-15-13(20)17-11(12(18)19)4-10-6-14-7-16-10/h6-9,11H,2-5H2,1H3,(H,14,16)(H,18,19)(H2,15,17,20). The van der Waals surface area contributed by atoms with Gasteiger partial charge in [-0.25, -0.2) is 14.6 Å². The summed E-state index contributed by atoms with van der Waals surface area (Å²) < 4.78 is 5.41. The number of urea groups is 1. The Morgan fingerprint density at radius 2 is 2.43 bits per heavy atom. The van der Waals surface area contributed by atoms with Gasteiger partial charge in [-0.1, -0.05) is 0 Å². The van der Waals surface area contributed by atoms with E-state index in [4.69, 9.17) is 9.84 Å². The largest absolute Gasteiger partial charge is 0.480 e. The van der Waals surface area contributed by atoms with E-state index in [2.05, 4.69) is 20.6 Å². The number of ether oxygens (including phenoxy) is 1. The van der Waals surface area contributed by atoms with Crippen molar-refractivity contribution in [2.75, 3.05) is 13.2 Å². The Balaban J connectivity index is 1.79. The topological polar surface area (TPSA) is 116 Å². The van der Waals surface area contributed by atoms with Crippen molar-refractivity contribution in [2.24, 2.45) is 5.92 Å². The van der Waals surface area contributed by atoms with E-state index in [1.165, 1.54) is 12.5 Å². The Labute approximate surface area is 122 Å². The second-order valence-electron chi connectivity index (χ2n) is 5.15. The van der Waals surface area contributed by atoms with Crippen LogP contribution in [0.2, 0.25) is 0 Å². The number of nitrogens with one attached hydrogen (secondary N) is 3. The van der Waals surface area contributed by atoms with Crippen LogP contribution in [-0.2, 0) is 16.0 Å². The smallest absolute Gasteiger partial charge is 0.326 e. The average molecular weight is 296 g/mol. The Bertz CT molecular complexity index is 477. The molecule has 8 nitrogen and oxygen atoms in total. The first-order chi connectivity index (χ1) is 10.1. The number of carbonyl (C=O) groups is 2. The zero-order valence-electron chi connectivity index (χ0n) is 11.8. The highest BCUT2D eigenvalue weighted by Crippen LogP contribution is 2.19. The molecule has 0 spiro atoms. The number of rotatable bonds is 6. The molecular formula is C13H20N4O4. The molecule has 1 saturated heterocycles. The normalized spacial score (nSPS) is 22.7. The molecule has 3 atom stereocenters. The van der Waals surface area contributed by atoms with Gasteiger partial charge in [0, 0.05) is 37.4 Å². The molecule has 8 heteroatoms. The number of carbonyl (C=O) groups excluding carboxylic acids is 1. The predicted octanol–water partition coefficient (Wildman–Crippen LogP) is 0.130. The number of aromatic amines is 1. The molecule has 21 heavy (non-hydrogen) atoms. The van der Waals surface area contributed by atoms with Gasteiger partial charge in [0.25, 0.3) is 0 Å². The molecule has 0 aromatic carbocycles. The number of hydrogen-bond acceptors (Lipinski definition) is 4. The van der Waals surface area contributed by atoms with Crippen molar-refractivity contribution >= 4 is 12.0 Å². The number of nitrogens with zero attached hydrogens (tertiary/aromatic N) is 1. The summed E-state index contributed by atoms with van der Waals surface area (Å²) in [5.41, 5.74) is 0.653. The summed E-state index contributed by atoms with van der Waals surface area (Å²) in [6, 6.07) is -1.48. The van der Waals surface area contributed by atoms with Crippen molar-refractivity contribution in [2.45, 2.75) is 31.9 Å². The fourth-order valence-corrected chi connectivity index (χ4v) is 2.29. The molecule has 1 aromatic rings. The number of amides is 2. The summed E-state index contributed by atoms with van der Waals surface area (Å²) in [7, 11) is 0. The van der Waals surface area contributed by atoms with Crippen molar-refractivity contribution in [3.05, 3.63) is 18.2 Å². The fraction of sp³-hybridized carbons (Fsp3) is 0.615. The van der Waals surface area contributed by atoms with Crippen molar-refractivity contribution in [1.82, 2.24) is 20.6 Å². The minimum Gasteiger partial charge on any atom is -0.480 e.